The Kier molecular flexibility index (Phi) is 4.66. The Bertz CT molecular complexity index is 1160. The summed E-state index contributed by atoms with van der Waals surface area (Å²) in [5.41, 5.74) is 1.39. The summed E-state index contributed by atoms with van der Waals surface area (Å²) in [5.74, 6) is 1.95. The first-order valence-electron chi connectivity index (χ1n) is 8.81. The molecule has 9 heteroatoms. The Morgan fingerprint density at radius 1 is 1.34 bits per heavy atom. The lowest BCUT2D eigenvalue weighted by Crippen LogP contribution is -2.15. The number of rotatable bonds is 5. The van der Waals surface area contributed by atoms with Crippen LogP contribution < -0.4 is 9.47 Å². The number of nitrogens with zero attached hydrogens (tertiary/aromatic N) is 5. The molecule has 0 aliphatic carbocycles. The van der Waals surface area contributed by atoms with Crippen LogP contribution in [0.25, 0.3) is 17.3 Å². The molecule has 2 heterocycles. The van der Waals surface area contributed by atoms with E-state index in [1.807, 2.05) is 31.2 Å². The van der Waals surface area contributed by atoms with Crippen molar-refractivity contribution >= 4 is 17.3 Å². The van der Waals surface area contributed by atoms with E-state index in [2.05, 4.69) is 16.3 Å². The molecule has 2 aromatic carbocycles. The van der Waals surface area contributed by atoms with E-state index in [9.17, 15) is 15.4 Å². The van der Waals surface area contributed by atoms with Gasteiger partial charge in [-0.1, -0.05) is 12.1 Å². The third kappa shape index (κ3) is 3.39. The van der Waals surface area contributed by atoms with Crippen molar-refractivity contribution in [1.29, 1.82) is 5.26 Å². The average Bonchev–Trinajstić information content (AvgIpc) is 3.17. The van der Waals surface area contributed by atoms with E-state index in [1.165, 1.54) is 18.2 Å². The fourth-order valence-corrected chi connectivity index (χ4v) is 3.04. The summed E-state index contributed by atoms with van der Waals surface area (Å²) in [6.45, 7) is 2.62. The van der Waals surface area contributed by atoms with E-state index >= 15 is 0 Å². The van der Waals surface area contributed by atoms with Gasteiger partial charge in [-0.05, 0) is 36.8 Å². The van der Waals surface area contributed by atoms with Crippen molar-refractivity contribution in [2.24, 2.45) is 0 Å². The lowest BCUT2D eigenvalue weighted by molar-refractivity contribution is -0.384. The molecule has 0 N–H and O–H groups in total. The van der Waals surface area contributed by atoms with Gasteiger partial charge >= 0.3 is 0 Å². The van der Waals surface area contributed by atoms with Gasteiger partial charge in [0.2, 0.25) is 0 Å². The Morgan fingerprint density at radius 3 is 2.83 bits per heavy atom. The normalized spacial score (nSPS) is 12.3. The Labute approximate surface area is 165 Å². The molecule has 29 heavy (non-hydrogen) atoms. The summed E-state index contributed by atoms with van der Waals surface area (Å²) in [5, 5.41) is 29.1. The molecule has 0 saturated carbocycles. The minimum atomic E-state index is -0.487. The molecule has 4 rings (SSSR count). The second kappa shape index (κ2) is 7.44. The van der Waals surface area contributed by atoms with Crippen molar-refractivity contribution < 1.29 is 14.4 Å². The van der Waals surface area contributed by atoms with E-state index in [0.717, 1.165) is 11.3 Å². The highest BCUT2D eigenvalue weighted by molar-refractivity contribution is 5.88. The highest BCUT2D eigenvalue weighted by Crippen LogP contribution is 2.34. The number of nitro groups is 1. The van der Waals surface area contributed by atoms with Gasteiger partial charge in [0.1, 0.15) is 24.2 Å². The summed E-state index contributed by atoms with van der Waals surface area (Å²) in [4.78, 5) is 10.7. The highest BCUT2D eigenvalue weighted by atomic mass is 16.6. The maximum Gasteiger partial charge on any atom is 0.271 e. The van der Waals surface area contributed by atoms with Crippen LogP contribution in [0.4, 0.5) is 5.69 Å². The summed E-state index contributed by atoms with van der Waals surface area (Å²) in [6, 6.07) is 13.7. The van der Waals surface area contributed by atoms with Crippen LogP contribution in [0.15, 0.2) is 42.5 Å². The Hall–Kier alpha value is -4.19. The molecule has 144 valence electrons. The number of nitro benzene ring substituents is 1. The van der Waals surface area contributed by atoms with Crippen LogP contribution in [0.1, 0.15) is 24.1 Å². The zero-order chi connectivity index (χ0) is 20.4. The van der Waals surface area contributed by atoms with Crippen molar-refractivity contribution in [3.8, 4) is 23.3 Å². The topological polar surface area (TPSA) is 116 Å². The van der Waals surface area contributed by atoms with Gasteiger partial charge in [-0.15, -0.1) is 10.2 Å². The number of aromatic nitrogens is 3. The first kappa shape index (κ1) is 18.2. The molecule has 0 saturated heterocycles. The summed E-state index contributed by atoms with van der Waals surface area (Å²) >= 11 is 0. The maximum absolute atomic E-state index is 11.2. The van der Waals surface area contributed by atoms with Gasteiger partial charge in [-0.25, -0.2) is 0 Å². The first-order chi connectivity index (χ1) is 14.1. The van der Waals surface area contributed by atoms with Crippen LogP contribution in [0.3, 0.4) is 0 Å². The predicted octanol–water partition coefficient (Wildman–Crippen LogP) is 3.53. The number of ether oxygens (including phenoxy) is 2. The first-order valence-corrected chi connectivity index (χ1v) is 8.81. The van der Waals surface area contributed by atoms with Crippen LogP contribution in [-0.2, 0) is 6.61 Å². The Balaban J connectivity index is 1.79. The lowest BCUT2D eigenvalue weighted by atomic mass is 10.1. The fraction of sp³-hybridized carbons (Fsp3) is 0.150. The number of hydrogen-bond donors (Lipinski definition) is 0. The van der Waals surface area contributed by atoms with E-state index < -0.39 is 4.92 Å². The van der Waals surface area contributed by atoms with Gasteiger partial charge in [0, 0.05) is 12.1 Å². The number of hydrogen-bond acceptors (Lipinski definition) is 7. The van der Waals surface area contributed by atoms with E-state index in [1.54, 1.807) is 10.6 Å². The predicted molar refractivity (Wildman–Crippen MR) is 103 cm³/mol. The molecule has 1 aliphatic rings. The second-order valence-electron chi connectivity index (χ2n) is 6.14. The van der Waals surface area contributed by atoms with E-state index in [0.29, 0.717) is 29.7 Å². The molecule has 0 amide bonds. The molecule has 0 radical (unpaired) electrons. The van der Waals surface area contributed by atoms with Gasteiger partial charge in [0.25, 0.3) is 5.69 Å². The Morgan fingerprint density at radius 2 is 2.14 bits per heavy atom. The molecule has 0 bridgehead atoms. The summed E-state index contributed by atoms with van der Waals surface area (Å²) < 4.78 is 12.7. The van der Waals surface area contributed by atoms with Gasteiger partial charge in [0.15, 0.2) is 11.6 Å². The van der Waals surface area contributed by atoms with Crippen LogP contribution >= 0.6 is 0 Å². The zero-order valence-corrected chi connectivity index (χ0v) is 15.4. The molecule has 0 spiro atoms. The van der Waals surface area contributed by atoms with Gasteiger partial charge in [0.05, 0.1) is 22.8 Å². The average molecular weight is 389 g/mol. The fourth-order valence-electron chi connectivity index (χ4n) is 3.04. The summed E-state index contributed by atoms with van der Waals surface area (Å²) in [6.07, 6.45) is 1.68. The molecule has 3 aromatic rings. The lowest BCUT2D eigenvalue weighted by Gasteiger charge is -2.19. The van der Waals surface area contributed by atoms with Gasteiger partial charge < -0.3 is 9.47 Å². The van der Waals surface area contributed by atoms with Crippen LogP contribution in [0.5, 0.6) is 11.5 Å². The number of nitriles is 1. The molecule has 1 aromatic heterocycles. The maximum atomic E-state index is 11.2. The monoisotopic (exact) mass is 389 g/mol. The molecule has 9 nitrogen and oxygen atoms in total. The second-order valence-corrected chi connectivity index (χ2v) is 6.14. The van der Waals surface area contributed by atoms with Crippen molar-refractivity contribution in [2.75, 3.05) is 6.61 Å². The number of allylic oxidation sites excluding steroid dienone is 1. The molecule has 0 unspecified atom stereocenters. The third-order valence-corrected chi connectivity index (χ3v) is 4.34. The van der Waals surface area contributed by atoms with Crippen molar-refractivity contribution in [3.63, 3.8) is 0 Å². The SMILES string of the molecule is CCOc1ccc(C=C(C#N)c2nnc3n2-c2cc([N+](=O)[O-])ccc2OC3)cc1. The molecule has 0 fully saturated rings. The third-order valence-electron chi connectivity index (χ3n) is 4.34. The largest absolute Gasteiger partial charge is 0.494 e. The van der Waals surface area contributed by atoms with Crippen LogP contribution in [-0.4, -0.2) is 26.3 Å². The summed E-state index contributed by atoms with van der Waals surface area (Å²) in [7, 11) is 0. The van der Waals surface area contributed by atoms with Crippen LogP contribution in [0.2, 0.25) is 0 Å². The zero-order valence-electron chi connectivity index (χ0n) is 15.4. The van der Waals surface area contributed by atoms with Crippen molar-refractivity contribution in [3.05, 3.63) is 69.8 Å². The molecular weight excluding hydrogens is 374 g/mol. The van der Waals surface area contributed by atoms with Crippen molar-refractivity contribution in [2.45, 2.75) is 13.5 Å². The van der Waals surface area contributed by atoms with Crippen LogP contribution in [0, 0.1) is 21.4 Å². The minimum Gasteiger partial charge on any atom is -0.494 e. The number of fused-ring (bicyclic) bond motifs is 3. The highest BCUT2D eigenvalue weighted by Gasteiger charge is 2.26. The molecule has 1 aliphatic heterocycles. The standard InChI is InChI=1S/C20H15N5O4/c1-2-28-16-6-3-13(4-7-16)9-14(11-21)20-23-22-19-12-29-18-8-5-15(25(26)27)10-17(18)24(19)20/h3-10H,2,12H2,1H3. The molecule has 0 atom stereocenters. The molecular formula is C20H15N5O4. The number of non-ortho nitro benzene ring substituents is 1. The minimum absolute atomic E-state index is 0.0890. The van der Waals surface area contributed by atoms with Gasteiger partial charge in [-0.2, -0.15) is 5.26 Å². The van der Waals surface area contributed by atoms with Gasteiger partial charge in [-0.3, -0.25) is 14.7 Å². The quantitative estimate of drug-likeness (QED) is 0.372. The van der Waals surface area contributed by atoms with Crippen molar-refractivity contribution in [1.82, 2.24) is 14.8 Å². The number of benzene rings is 2. The smallest absolute Gasteiger partial charge is 0.271 e. The van der Waals surface area contributed by atoms with E-state index in [-0.39, 0.29) is 17.9 Å². The van der Waals surface area contributed by atoms with E-state index in [4.69, 9.17) is 9.47 Å².